The molecule has 3 aromatic heterocycles. The van der Waals surface area contributed by atoms with Crippen LogP contribution >= 0.6 is 23.4 Å². The number of H-pyrrole nitrogens is 2. The number of hydrogen-bond donors (Lipinski definition) is 3. The van der Waals surface area contributed by atoms with Crippen molar-refractivity contribution in [2.45, 2.75) is 10.9 Å². The largest absolute Gasteiger partial charge is 0.369 e. The van der Waals surface area contributed by atoms with Crippen LogP contribution < -0.4 is 11.3 Å². The van der Waals surface area contributed by atoms with Crippen LogP contribution in [0.5, 0.6) is 0 Å². The maximum Gasteiger partial charge on any atom is 0.278 e. The van der Waals surface area contributed by atoms with Gasteiger partial charge in [0.15, 0.2) is 22.1 Å². The van der Waals surface area contributed by atoms with Crippen molar-refractivity contribution in [3.05, 3.63) is 45.5 Å². The van der Waals surface area contributed by atoms with E-state index in [1.165, 1.54) is 11.8 Å². The number of benzene rings is 1. The molecule has 0 unspecified atom stereocenters. The fourth-order valence-corrected chi connectivity index (χ4v) is 3.08. The average Bonchev–Trinajstić information content (AvgIpc) is 3.20. The van der Waals surface area contributed by atoms with Gasteiger partial charge in [0.1, 0.15) is 0 Å². The van der Waals surface area contributed by atoms with Gasteiger partial charge in [0, 0.05) is 5.02 Å². The van der Waals surface area contributed by atoms with Crippen LogP contribution in [0.1, 0.15) is 5.82 Å². The lowest BCUT2D eigenvalue weighted by molar-refractivity contribution is 0.777. The Labute approximate surface area is 148 Å². The van der Waals surface area contributed by atoms with Crippen molar-refractivity contribution < 1.29 is 0 Å². The summed E-state index contributed by atoms with van der Waals surface area (Å²) in [7, 11) is 0. The van der Waals surface area contributed by atoms with Gasteiger partial charge in [-0.05, 0) is 34.7 Å². The fourth-order valence-electron chi connectivity index (χ4n) is 2.18. The molecule has 3 heterocycles. The van der Waals surface area contributed by atoms with Crippen LogP contribution in [0.3, 0.4) is 0 Å². The Morgan fingerprint density at radius 2 is 2.00 bits per heavy atom. The maximum atomic E-state index is 11.8. The third kappa shape index (κ3) is 3.06. The normalized spacial score (nSPS) is 11.2. The Kier molecular flexibility index (Phi) is 3.86. The van der Waals surface area contributed by atoms with Crippen molar-refractivity contribution in [2.75, 3.05) is 5.73 Å². The van der Waals surface area contributed by atoms with E-state index in [0.717, 1.165) is 5.69 Å². The molecule has 0 amide bonds. The molecule has 1 aromatic carbocycles. The first-order chi connectivity index (χ1) is 12.1. The summed E-state index contributed by atoms with van der Waals surface area (Å²) in [5.41, 5.74) is 6.47. The van der Waals surface area contributed by atoms with Gasteiger partial charge in [0.2, 0.25) is 5.95 Å². The average molecular weight is 376 g/mol. The molecular weight excluding hydrogens is 366 g/mol. The lowest BCUT2D eigenvalue weighted by Crippen LogP contribution is -2.10. The van der Waals surface area contributed by atoms with Crippen molar-refractivity contribution in [1.29, 1.82) is 0 Å². The molecule has 4 aromatic rings. The predicted molar refractivity (Wildman–Crippen MR) is 92.6 cm³/mol. The molecule has 0 aliphatic rings. The van der Waals surface area contributed by atoms with Crippen molar-refractivity contribution in [3.63, 3.8) is 0 Å². The third-order valence-corrected chi connectivity index (χ3v) is 4.42. The summed E-state index contributed by atoms with van der Waals surface area (Å²) < 4.78 is 1.61. The van der Waals surface area contributed by atoms with E-state index in [9.17, 15) is 4.79 Å². The minimum Gasteiger partial charge on any atom is -0.369 e. The van der Waals surface area contributed by atoms with Crippen LogP contribution in [-0.4, -0.2) is 40.1 Å². The Balaban J connectivity index is 1.58. The summed E-state index contributed by atoms with van der Waals surface area (Å²) in [6.07, 6.45) is 0. The molecule has 25 heavy (non-hydrogen) atoms. The summed E-state index contributed by atoms with van der Waals surface area (Å²) in [6.45, 7) is 0. The smallest absolute Gasteiger partial charge is 0.278 e. The van der Waals surface area contributed by atoms with E-state index in [-0.39, 0.29) is 22.7 Å². The SMILES string of the molecule is Nc1nc2nc(SCc3nnnn3-c3ccc(Cl)cc3)[nH]c2c(=O)[nH]1. The van der Waals surface area contributed by atoms with Gasteiger partial charge in [-0.25, -0.2) is 4.98 Å². The number of fused-ring (bicyclic) bond motifs is 1. The molecule has 0 aliphatic heterocycles. The van der Waals surface area contributed by atoms with Gasteiger partial charge in [-0.2, -0.15) is 9.67 Å². The van der Waals surface area contributed by atoms with Crippen molar-refractivity contribution in [3.8, 4) is 5.69 Å². The number of nitrogens with zero attached hydrogens (tertiary/aromatic N) is 6. The van der Waals surface area contributed by atoms with Gasteiger partial charge in [-0.1, -0.05) is 23.4 Å². The van der Waals surface area contributed by atoms with Crippen molar-refractivity contribution >= 4 is 40.5 Å². The molecule has 0 fully saturated rings. The molecule has 12 heteroatoms. The highest BCUT2D eigenvalue weighted by molar-refractivity contribution is 7.98. The molecule has 0 saturated carbocycles. The first-order valence-electron chi connectivity index (χ1n) is 7.01. The molecule has 0 bridgehead atoms. The van der Waals surface area contributed by atoms with Crippen molar-refractivity contribution in [2.24, 2.45) is 0 Å². The van der Waals surface area contributed by atoms with E-state index < -0.39 is 0 Å². The van der Waals surface area contributed by atoms with Crippen LogP contribution in [0.4, 0.5) is 5.95 Å². The molecule has 4 rings (SSSR count). The summed E-state index contributed by atoms with van der Waals surface area (Å²) >= 11 is 7.24. The number of nitrogens with two attached hydrogens (primary N) is 1. The van der Waals surface area contributed by atoms with Crippen LogP contribution in [0.25, 0.3) is 16.9 Å². The van der Waals surface area contributed by atoms with Crippen LogP contribution in [-0.2, 0) is 5.75 Å². The van der Waals surface area contributed by atoms with Gasteiger partial charge in [0.05, 0.1) is 11.4 Å². The molecule has 0 atom stereocenters. The second-order valence-corrected chi connectivity index (χ2v) is 6.36. The number of halogens is 1. The monoisotopic (exact) mass is 375 g/mol. The van der Waals surface area contributed by atoms with Gasteiger partial charge in [-0.3, -0.25) is 9.78 Å². The summed E-state index contributed by atoms with van der Waals surface area (Å²) in [5, 5.41) is 12.9. The van der Waals surface area contributed by atoms with Crippen molar-refractivity contribution in [1.82, 2.24) is 40.1 Å². The number of anilines is 1. The zero-order chi connectivity index (χ0) is 17.4. The molecule has 0 spiro atoms. The Morgan fingerprint density at radius 3 is 2.80 bits per heavy atom. The fraction of sp³-hybridized carbons (Fsp3) is 0.0769. The topological polar surface area (TPSA) is 144 Å². The number of nitrogens with one attached hydrogen (secondary N) is 2. The van der Waals surface area contributed by atoms with Crippen LogP contribution in [0, 0.1) is 0 Å². The second kappa shape index (κ2) is 6.18. The number of nitrogen functional groups attached to an aromatic ring is 1. The lowest BCUT2D eigenvalue weighted by Gasteiger charge is -2.03. The highest BCUT2D eigenvalue weighted by Crippen LogP contribution is 2.22. The standard InChI is InChI=1S/C13H10ClN9OS/c14-6-1-3-7(4-2-6)23-8(20-21-22-23)5-25-13-16-9-10(18-13)17-12(15)19-11(9)24/h1-4H,5H2,(H4,15,16,17,18,19,24). The van der Waals surface area contributed by atoms with E-state index in [2.05, 4.69) is 35.5 Å². The Morgan fingerprint density at radius 1 is 1.20 bits per heavy atom. The van der Waals surface area contributed by atoms with Gasteiger partial charge >= 0.3 is 0 Å². The van der Waals surface area contributed by atoms with Crippen LogP contribution in [0.15, 0.2) is 34.2 Å². The molecule has 0 aliphatic carbocycles. The second-order valence-electron chi connectivity index (χ2n) is 4.96. The number of hydrogen-bond acceptors (Lipinski definition) is 8. The number of aromatic nitrogens is 8. The highest BCUT2D eigenvalue weighted by atomic mass is 35.5. The van der Waals surface area contributed by atoms with E-state index in [4.69, 9.17) is 17.3 Å². The van der Waals surface area contributed by atoms with Crippen LogP contribution in [0.2, 0.25) is 5.02 Å². The Bertz CT molecular complexity index is 1100. The molecular formula is C13H10ClN9OS. The first kappa shape index (κ1) is 15.6. The quantitative estimate of drug-likeness (QED) is 0.450. The number of rotatable bonds is 4. The molecule has 0 radical (unpaired) electrons. The number of tetrazole rings is 1. The van der Waals surface area contributed by atoms with E-state index in [1.54, 1.807) is 16.8 Å². The summed E-state index contributed by atoms with van der Waals surface area (Å²) in [6, 6.07) is 7.16. The molecule has 126 valence electrons. The summed E-state index contributed by atoms with van der Waals surface area (Å²) in [4.78, 5) is 25.4. The minimum atomic E-state index is -0.368. The minimum absolute atomic E-state index is 0.0206. The summed E-state index contributed by atoms with van der Waals surface area (Å²) in [5.74, 6) is 1.07. The number of thioether (sulfide) groups is 1. The van der Waals surface area contributed by atoms with E-state index in [1.807, 2.05) is 12.1 Å². The maximum absolute atomic E-state index is 11.8. The zero-order valence-corrected chi connectivity index (χ0v) is 14.0. The number of aromatic amines is 2. The zero-order valence-electron chi connectivity index (χ0n) is 12.5. The first-order valence-corrected chi connectivity index (χ1v) is 8.38. The predicted octanol–water partition coefficient (Wildman–Crippen LogP) is 1.15. The molecule has 10 nitrogen and oxygen atoms in total. The van der Waals surface area contributed by atoms with Gasteiger partial charge in [0.25, 0.3) is 5.56 Å². The highest BCUT2D eigenvalue weighted by Gasteiger charge is 2.13. The van der Waals surface area contributed by atoms with E-state index >= 15 is 0 Å². The third-order valence-electron chi connectivity index (χ3n) is 3.30. The lowest BCUT2D eigenvalue weighted by atomic mass is 10.3. The van der Waals surface area contributed by atoms with Gasteiger partial charge in [-0.15, -0.1) is 5.10 Å². The van der Waals surface area contributed by atoms with Gasteiger partial charge < -0.3 is 10.7 Å². The number of imidazole rings is 1. The molecule has 0 saturated heterocycles. The Hall–Kier alpha value is -2.92. The van der Waals surface area contributed by atoms with E-state index in [0.29, 0.717) is 21.8 Å². The molecule has 4 N–H and O–H groups in total.